The van der Waals surface area contributed by atoms with Crippen LogP contribution in [0.3, 0.4) is 0 Å². The van der Waals surface area contributed by atoms with Crippen molar-refractivity contribution in [1.29, 1.82) is 0 Å². The number of hydrogen-bond donors (Lipinski definition) is 0. The fourth-order valence-electron chi connectivity index (χ4n) is 0.807. The molecule has 0 spiro atoms. The molecular formula is C7H7O3P-2. The van der Waals surface area contributed by atoms with Gasteiger partial charge in [-0.05, 0) is 5.56 Å². The van der Waals surface area contributed by atoms with Gasteiger partial charge in [0.1, 0.15) is 0 Å². The minimum atomic E-state index is -4.39. The summed E-state index contributed by atoms with van der Waals surface area (Å²) >= 11 is 0. The third-order valence-corrected chi connectivity index (χ3v) is 1.97. The minimum Gasteiger partial charge on any atom is -0.810 e. The third-order valence-electron chi connectivity index (χ3n) is 1.22. The van der Waals surface area contributed by atoms with Crippen molar-refractivity contribution in [2.24, 2.45) is 0 Å². The van der Waals surface area contributed by atoms with Gasteiger partial charge in [-0.15, -0.1) is 0 Å². The summed E-state index contributed by atoms with van der Waals surface area (Å²) in [6.45, 7) is 0. The average Bonchev–Trinajstić information content (AvgIpc) is 1.85. The average molecular weight is 170 g/mol. The zero-order valence-electron chi connectivity index (χ0n) is 5.77. The maximum atomic E-state index is 10.3. The van der Waals surface area contributed by atoms with Crippen molar-refractivity contribution in [1.82, 2.24) is 0 Å². The number of hydrogen-bond acceptors (Lipinski definition) is 3. The molecule has 1 rings (SSSR count). The van der Waals surface area contributed by atoms with Gasteiger partial charge >= 0.3 is 0 Å². The van der Waals surface area contributed by atoms with Crippen LogP contribution in [0, 0.1) is 0 Å². The summed E-state index contributed by atoms with van der Waals surface area (Å²) in [5, 5.41) is 0. The van der Waals surface area contributed by atoms with Crippen LogP contribution in [0.1, 0.15) is 5.56 Å². The Hall–Kier alpha value is -0.630. The fourth-order valence-corrected chi connectivity index (χ4v) is 1.47. The molecule has 1 aromatic rings. The van der Waals surface area contributed by atoms with E-state index in [1.807, 2.05) is 0 Å². The Morgan fingerprint density at radius 2 is 1.73 bits per heavy atom. The molecule has 0 amide bonds. The van der Waals surface area contributed by atoms with Gasteiger partial charge in [0.2, 0.25) is 0 Å². The Kier molecular flexibility index (Phi) is 2.45. The highest BCUT2D eigenvalue weighted by atomic mass is 31.2. The molecule has 0 N–H and O–H groups in total. The lowest BCUT2D eigenvalue weighted by atomic mass is 10.2. The molecule has 0 unspecified atom stereocenters. The van der Waals surface area contributed by atoms with Crippen molar-refractivity contribution in [3.05, 3.63) is 35.9 Å². The Balaban J connectivity index is 2.74. The summed E-state index contributed by atoms with van der Waals surface area (Å²) in [6, 6.07) is 8.39. The van der Waals surface area contributed by atoms with Crippen LogP contribution in [0.15, 0.2) is 30.3 Å². The van der Waals surface area contributed by atoms with Crippen molar-refractivity contribution >= 4 is 7.60 Å². The topological polar surface area (TPSA) is 63.2 Å². The maximum Gasteiger partial charge on any atom is 0.000221 e. The van der Waals surface area contributed by atoms with Crippen LogP contribution in [-0.4, -0.2) is 0 Å². The molecule has 0 aliphatic carbocycles. The highest BCUT2D eigenvalue weighted by Gasteiger charge is 1.92. The highest BCUT2D eigenvalue weighted by Crippen LogP contribution is 2.28. The van der Waals surface area contributed by atoms with Gasteiger partial charge in [-0.3, -0.25) is 0 Å². The molecule has 0 bridgehead atoms. The van der Waals surface area contributed by atoms with Gasteiger partial charge in [0, 0.05) is 6.16 Å². The molecule has 3 nitrogen and oxygen atoms in total. The zero-order chi connectivity index (χ0) is 8.32. The lowest BCUT2D eigenvalue weighted by Crippen LogP contribution is -2.15. The van der Waals surface area contributed by atoms with Crippen LogP contribution in [0.25, 0.3) is 0 Å². The van der Waals surface area contributed by atoms with Gasteiger partial charge in [0.25, 0.3) is 0 Å². The first-order valence-electron chi connectivity index (χ1n) is 3.13. The normalized spacial score (nSPS) is 11.5. The lowest BCUT2D eigenvalue weighted by Gasteiger charge is -2.29. The summed E-state index contributed by atoms with van der Waals surface area (Å²) in [7, 11) is -4.39. The smallest absolute Gasteiger partial charge is 0.000221 e. The third kappa shape index (κ3) is 3.33. The first-order valence-corrected chi connectivity index (χ1v) is 4.86. The molecule has 1 aromatic carbocycles. The van der Waals surface area contributed by atoms with Crippen LogP contribution >= 0.6 is 7.60 Å². The van der Waals surface area contributed by atoms with E-state index in [2.05, 4.69) is 0 Å². The summed E-state index contributed by atoms with van der Waals surface area (Å²) in [6.07, 6.45) is -0.395. The van der Waals surface area contributed by atoms with E-state index in [0.717, 1.165) is 0 Å². The Morgan fingerprint density at radius 1 is 1.18 bits per heavy atom. The number of rotatable bonds is 2. The zero-order valence-corrected chi connectivity index (χ0v) is 6.66. The van der Waals surface area contributed by atoms with E-state index in [9.17, 15) is 14.4 Å². The Bertz CT molecular complexity index is 264. The maximum absolute atomic E-state index is 10.3. The first-order chi connectivity index (χ1) is 5.08. The molecular weight excluding hydrogens is 163 g/mol. The van der Waals surface area contributed by atoms with E-state index in [1.165, 1.54) is 0 Å². The van der Waals surface area contributed by atoms with Gasteiger partial charge in [0.05, 0.1) is 0 Å². The summed E-state index contributed by atoms with van der Waals surface area (Å²) in [4.78, 5) is 20.5. The van der Waals surface area contributed by atoms with E-state index >= 15 is 0 Å². The van der Waals surface area contributed by atoms with Crippen molar-refractivity contribution in [2.75, 3.05) is 0 Å². The molecule has 4 heteroatoms. The van der Waals surface area contributed by atoms with Crippen molar-refractivity contribution in [2.45, 2.75) is 6.16 Å². The summed E-state index contributed by atoms with van der Waals surface area (Å²) < 4.78 is 10.3. The predicted molar refractivity (Wildman–Crippen MR) is 37.8 cm³/mol. The van der Waals surface area contributed by atoms with Crippen LogP contribution < -0.4 is 9.79 Å². The molecule has 0 aromatic heterocycles. The Morgan fingerprint density at radius 3 is 2.18 bits per heavy atom. The second-order valence-electron chi connectivity index (χ2n) is 2.25. The van der Waals surface area contributed by atoms with Crippen molar-refractivity contribution < 1.29 is 14.4 Å². The largest absolute Gasteiger partial charge is 0.810 e. The quantitative estimate of drug-likeness (QED) is 0.591. The SMILES string of the molecule is O=P([O-])([O-])Cc1ccccc1. The molecule has 0 radical (unpaired) electrons. The summed E-state index contributed by atoms with van der Waals surface area (Å²) in [5.41, 5.74) is 0.542. The molecule has 0 heterocycles. The molecule has 0 saturated carbocycles. The first kappa shape index (κ1) is 8.47. The predicted octanol–water partition coefficient (Wildman–Crippen LogP) is 0.100. The molecule has 11 heavy (non-hydrogen) atoms. The van der Waals surface area contributed by atoms with E-state index in [0.29, 0.717) is 5.56 Å². The molecule has 0 aliphatic rings. The van der Waals surface area contributed by atoms with Crippen molar-refractivity contribution in [3.63, 3.8) is 0 Å². The van der Waals surface area contributed by atoms with E-state index in [1.54, 1.807) is 30.3 Å². The lowest BCUT2D eigenvalue weighted by molar-refractivity contribution is -0.314. The minimum absolute atomic E-state index is 0.395. The van der Waals surface area contributed by atoms with Crippen LogP contribution in [0.2, 0.25) is 0 Å². The van der Waals surface area contributed by atoms with Gasteiger partial charge in [-0.2, -0.15) is 0 Å². The van der Waals surface area contributed by atoms with Gasteiger partial charge in [-0.25, -0.2) is 0 Å². The molecule has 0 fully saturated rings. The van der Waals surface area contributed by atoms with Crippen LogP contribution in [0.5, 0.6) is 0 Å². The van der Waals surface area contributed by atoms with Gasteiger partial charge < -0.3 is 14.4 Å². The van der Waals surface area contributed by atoms with Gasteiger partial charge in [0.15, 0.2) is 0 Å². The molecule has 60 valence electrons. The van der Waals surface area contributed by atoms with Crippen molar-refractivity contribution in [3.8, 4) is 0 Å². The highest BCUT2D eigenvalue weighted by molar-refractivity contribution is 7.47. The second kappa shape index (κ2) is 3.18. The monoisotopic (exact) mass is 170 g/mol. The van der Waals surface area contributed by atoms with Gasteiger partial charge in [-0.1, -0.05) is 37.9 Å². The number of benzene rings is 1. The van der Waals surface area contributed by atoms with Crippen LogP contribution in [0.4, 0.5) is 0 Å². The fraction of sp³-hybridized carbons (Fsp3) is 0.143. The standard InChI is InChI=1S/C7H9O3P/c8-11(9,10)6-7-4-2-1-3-5-7/h1-5H,6H2,(H2,8,9,10)/p-2. The van der Waals surface area contributed by atoms with Crippen LogP contribution in [-0.2, 0) is 10.7 Å². The molecule has 0 saturated heterocycles. The summed E-state index contributed by atoms with van der Waals surface area (Å²) in [5.74, 6) is 0. The van der Waals surface area contributed by atoms with E-state index < -0.39 is 13.8 Å². The Labute approximate surface area is 64.8 Å². The van der Waals surface area contributed by atoms with E-state index in [-0.39, 0.29) is 0 Å². The van der Waals surface area contributed by atoms with E-state index in [4.69, 9.17) is 0 Å². The second-order valence-corrected chi connectivity index (χ2v) is 3.79. The molecule has 0 aliphatic heterocycles. The molecule has 0 atom stereocenters.